The molecule has 0 aliphatic heterocycles. The Kier molecular flexibility index (Phi) is 15.0. The number of benzene rings is 2. The summed E-state index contributed by atoms with van der Waals surface area (Å²) >= 11 is 0. The number of aliphatic hydroxyl groups is 2. The van der Waals surface area contributed by atoms with Crippen LogP contribution in [0.2, 0.25) is 0 Å². The van der Waals surface area contributed by atoms with E-state index in [0.717, 1.165) is 11.1 Å². The third-order valence-electron chi connectivity index (χ3n) is 6.42. The Morgan fingerprint density at radius 2 is 1.29 bits per heavy atom. The number of guanidine groups is 1. The molecule has 0 saturated carbocycles. The molecule has 12 N–H and O–H groups in total. The minimum atomic E-state index is -1.20. The molecular formula is C29H42N10O6. The second-order valence-electron chi connectivity index (χ2n) is 10.2. The van der Waals surface area contributed by atoms with E-state index in [1.165, 1.54) is 13.8 Å². The number of carbonyl (C=O) groups is 4. The van der Waals surface area contributed by atoms with Gasteiger partial charge >= 0.3 is 0 Å². The average molecular weight is 627 g/mol. The molecule has 2 rings (SSSR count). The highest BCUT2D eigenvalue weighted by atomic mass is 16.3. The van der Waals surface area contributed by atoms with Crippen LogP contribution in [0.5, 0.6) is 0 Å². The van der Waals surface area contributed by atoms with Crippen LogP contribution in [0.25, 0.3) is 0 Å². The number of nitrogens with one attached hydrogen (secondary N) is 4. The van der Waals surface area contributed by atoms with Gasteiger partial charge < -0.3 is 48.7 Å². The van der Waals surface area contributed by atoms with Gasteiger partial charge in [0.15, 0.2) is 5.96 Å². The van der Waals surface area contributed by atoms with E-state index in [-0.39, 0.29) is 32.1 Å². The molecule has 0 radical (unpaired) electrons. The zero-order valence-corrected chi connectivity index (χ0v) is 25.3. The van der Waals surface area contributed by atoms with E-state index in [9.17, 15) is 19.2 Å². The molecule has 0 aromatic heterocycles. The van der Waals surface area contributed by atoms with E-state index in [1.54, 1.807) is 48.5 Å². The van der Waals surface area contributed by atoms with Gasteiger partial charge in [-0.3, -0.25) is 24.2 Å². The predicted octanol–water partition coefficient (Wildman–Crippen LogP) is -0.922. The maximum Gasteiger partial charge on any atom is 0.243 e. The lowest BCUT2D eigenvalue weighted by Gasteiger charge is -2.23. The summed E-state index contributed by atoms with van der Waals surface area (Å²) in [6.45, 7) is 2.64. The van der Waals surface area contributed by atoms with Gasteiger partial charge in [0.25, 0.3) is 0 Å². The van der Waals surface area contributed by atoms with Gasteiger partial charge in [-0.25, -0.2) is 0 Å². The fourth-order valence-corrected chi connectivity index (χ4v) is 3.72. The Balaban J connectivity index is 1.93. The SMILES string of the molecule is C[C@H](NC(=O)[C@H](CCCN=C(N)N)NC(=O)[C@H](C)NC(=O)[C@@H](N)CO)C(=O)NCc1ccc(N=Nc2ccc(CO)cc2)cc1. The van der Waals surface area contributed by atoms with Crippen LogP contribution in [0.1, 0.15) is 37.8 Å². The van der Waals surface area contributed by atoms with Gasteiger partial charge in [0, 0.05) is 13.1 Å². The molecule has 4 amide bonds. The molecule has 0 saturated heterocycles. The number of carbonyl (C=O) groups excluding carboxylic acids is 4. The van der Waals surface area contributed by atoms with Gasteiger partial charge in [-0.2, -0.15) is 10.2 Å². The van der Waals surface area contributed by atoms with Gasteiger partial charge in [0.05, 0.1) is 24.6 Å². The van der Waals surface area contributed by atoms with Gasteiger partial charge in [0.2, 0.25) is 23.6 Å². The van der Waals surface area contributed by atoms with Crippen LogP contribution < -0.4 is 38.5 Å². The first-order valence-corrected chi connectivity index (χ1v) is 14.2. The lowest BCUT2D eigenvalue weighted by Crippen LogP contribution is -2.56. The molecule has 4 atom stereocenters. The third kappa shape index (κ3) is 13.1. The van der Waals surface area contributed by atoms with Crippen molar-refractivity contribution in [2.24, 2.45) is 32.4 Å². The number of azo groups is 1. The first-order chi connectivity index (χ1) is 21.4. The van der Waals surface area contributed by atoms with Crippen LogP contribution >= 0.6 is 0 Å². The molecule has 2 aromatic rings. The number of rotatable bonds is 17. The highest BCUT2D eigenvalue weighted by Gasteiger charge is 2.27. The van der Waals surface area contributed by atoms with Crippen LogP contribution in [0.3, 0.4) is 0 Å². The van der Waals surface area contributed by atoms with Crippen LogP contribution in [0.4, 0.5) is 11.4 Å². The van der Waals surface area contributed by atoms with E-state index in [4.69, 9.17) is 27.4 Å². The highest BCUT2D eigenvalue weighted by Crippen LogP contribution is 2.19. The fourth-order valence-electron chi connectivity index (χ4n) is 3.72. The van der Waals surface area contributed by atoms with Crippen molar-refractivity contribution in [3.63, 3.8) is 0 Å². The Hall–Kier alpha value is -4.93. The topological polar surface area (TPSA) is 272 Å². The van der Waals surface area contributed by atoms with Crippen molar-refractivity contribution in [1.29, 1.82) is 0 Å². The largest absolute Gasteiger partial charge is 0.394 e. The minimum Gasteiger partial charge on any atom is -0.394 e. The van der Waals surface area contributed by atoms with Gasteiger partial charge in [0.1, 0.15) is 24.2 Å². The molecule has 0 fully saturated rings. The van der Waals surface area contributed by atoms with Crippen molar-refractivity contribution in [2.45, 2.75) is 64.0 Å². The van der Waals surface area contributed by atoms with Crippen molar-refractivity contribution in [2.75, 3.05) is 13.2 Å². The van der Waals surface area contributed by atoms with E-state index in [1.807, 2.05) is 0 Å². The Labute approximate surface area is 260 Å². The van der Waals surface area contributed by atoms with Crippen LogP contribution in [-0.4, -0.2) is 77.1 Å². The van der Waals surface area contributed by atoms with Crippen LogP contribution in [0.15, 0.2) is 63.8 Å². The van der Waals surface area contributed by atoms with Crippen LogP contribution in [0, 0.1) is 0 Å². The van der Waals surface area contributed by atoms with Crippen molar-refractivity contribution in [1.82, 2.24) is 21.3 Å². The van der Waals surface area contributed by atoms with Crippen molar-refractivity contribution in [3.05, 3.63) is 59.7 Å². The quantitative estimate of drug-likeness (QED) is 0.0454. The number of hydrogen-bond acceptors (Lipinski definition) is 10. The molecule has 244 valence electrons. The standard InChI is InChI=1S/C29H42N10O6/c1-17(25(42)34-14-19-5-9-21(10-6-19)38-39-22-11-7-20(15-40)8-12-22)36-28(45)24(4-3-13-33-29(31)32)37-26(43)18(2)35-27(44)23(30)16-41/h5-12,17-18,23-24,40-41H,3-4,13-16,30H2,1-2H3,(H,34,42)(H,35,44)(H,36,45)(H,37,43)(H4,31,32,33)/t17-,18-,23-,24-/m0/s1. The maximum absolute atomic E-state index is 13.1. The smallest absolute Gasteiger partial charge is 0.243 e. The Morgan fingerprint density at radius 1 is 0.756 bits per heavy atom. The van der Waals surface area contributed by atoms with E-state index in [2.05, 4.69) is 36.5 Å². The monoisotopic (exact) mass is 626 g/mol. The Bertz CT molecular complexity index is 1330. The summed E-state index contributed by atoms with van der Waals surface area (Å²) in [6.07, 6.45) is 0.468. The summed E-state index contributed by atoms with van der Waals surface area (Å²) in [7, 11) is 0. The second kappa shape index (κ2) is 18.7. The lowest BCUT2D eigenvalue weighted by molar-refractivity contribution is -0.133. The van der Waals surface area contributed by atoms with Crippen LogP contribution in [-0.2, 0) is 32.3 Å². The highest BCUT2D eigenvalue weighted by molar-refractivity contribution is 5.94. The Morgan fingerprint density at radius 3 is 1.82 bits per heavy atom. The number of hydrogen-bond donors (Lipinski definition) is 9. The number of nitrogens with two attached hydrogens (primary N) is 3. The van der Waals surface area contributed by atoms with Gasteiger partial charge in [-0.15, -0.1) is 0 Å². The van der Waals surface area contributed by atoms with Crippen molar-refractivity contribution in [3.8, 4) is 0 Å². The van der Waals surface area contributed by atoms with E-state index < -0.39 is 54.4 Å². The van der Waals surface area contributed by atoms with Crippen molar-refractivity contribution >= 4 is 41.0 Å². The molecule has 45 heavy (non-hydrogen) atoms. The van der Waals surface area contributed by atoms with Gasteiger partial charge in [-0.1, -0.05) is 24.3 Å². The second-order valence-corrected chi connectivity index (χ2v) is 10.2. The summed E-state index contributed by atoms with van der Waals surface area (Å²) in [4.78, 5) is 54.3. The molecule has 0 spiro atoms. The third-order valence-corrected chi connectivity index (χ3v) is 6.42. The van der Waals surface area contributed by atoms with E-state index >= 15 is 0 Å². The fraction of sp³-hybridized carbons (Fsp3) is 0.414. The molecular weight excluding hydrogens is 584 g/mol. The summed E-state index contributed by atoms with van der Waals surface area (Å²) in [5.74, 6) is -2.60. The molecule has 16 heteroatoms. The molecule has 16 nitrogen and oxygen atoms in total. The molecule has 0 aliphatic carbocycles. The summed E-state index contributed by atoms with van der Waals surface area (Å²) < 4.78 is 0. The minimum absolute atomic E-state index is 0.0496. The molecule has 2 aromatic carbocycles. The molecule has 0 unspecified atom stereocenters. The first-order valence-electron chi connectivity index (χ1n) is 14.2. The number of amides is 4. The summed E-state index contributed by atoms with van der Waals surface area (Å²) in [5, 5.41) is 36.8. The average Bonchev–Trinajstić information content (AvgIpc) is 3.03. The number of aliphatic imine (C=N–C) groups is 1. The normalized spacial score (nSPS) is 13.6. The first kappa shape index (κ1) is 36.3. The summed E-state index contributed by atoms with van der Waals surface area (Å²) in [5.41, 5.74) is 19.0. The van der Waals surface area contributed by atoms with Gasteiger partial charge in [-0.05, 0) is 62.1 Å². The molecule has 0 aliphatic rings. The lowest BCUT2D eigenvalue weighted by atomic mass is 10.1. The maximum atomic E-state index is 13.1. The molecule has 0 heterocycles. The number of nitrogens with zero attached hydrogens (tertiary/aromatic N) is 3. The predicted molar refractivity (Wildman–Crippen MR) is 167 cm³/mol. The van der Waals surface area contributed by atoms with E-state index in [0.29, 0.717) is 17.8 Å². The number of aliphatic hydroxyl groups excluding tert-OH is 2. The molecule has 0 bridgehead atoms. The van der Waals surface area contributed by atoms with Crippen molar-refractivity contribution < 1.29 is 29.4 Å². The summed E-state index contributed by atoms with van der Waals surface area (Å²) in [6, 6.07) is 9.79. The zero-order valence-electron chi connectivity index (χ0n) is 25.3. The zero-order chi connectivity index (χ0) is 33.4.